The molecule has 1 aromatic heterocycles. The molecule has 1 aromatic rings. The molecule has 0 fully saturated rings. The first-order valence-electron chi connectivity index (χ1n) is 4.36. The molecule has 2 N–H and O–H groups in total. The SMILES string of the molecule is N[C@H](CCC(F)(F)F)c1ccc([N+](=O)[O-])s1. The third-order valence-corrected chi connectivity index (χ3v) is 3.07. The molecule has 90 valence electrons. The van der Waals surface area contributed by atoms with Crippen molar-refractivity contribution >= 4 is 16.3 Å². The van der Waals surface area contributed by atoms with Crippen LogP contribution >= 0.6 is 11.3 Å². The first-order chi connectivity index (χ1) is 7.29. The van der Waals surface area contributed by atoms with E-state index in [2.05, 4.69) is 0 Å². The van der Waals surface area contributed by atoms with Crippen molar-refractivity contribution in [1.29, 1.82) is 0 Å². The third-order valence-electron chi connectivity index (χ3n) is 1.90. The summed E-state index contributed by atoms with van der Waals surface area (Å²) in [5, 5.41) is 10.2. The molecular formula is C8H9F3N2O2S. The second-order valence-corrected chi connectivity index (χ2v) is 4.29. The van der Waals surface area contributed by atoms with E-state index in [1.54, 1.807) is 0 Å². The average Bonchev–Trinajstić information content (AvgIpc) is 2.61. The molecule has 0 saturated heterocycles. The normalized spacial score (nSPS) is 13.8. The van der Waals surface area contributed by atoms with Crippen LogP contribution in [0.5, 0.6) is 0 Å². The zero-order valence-corrected chi connectivity index (χ0v) is 8.85. The van der Waals surface area contributed by atoms with Crippen LogP contribution in [0.4, 0.5) is 18.2 Å². The summed E-state index contributed by atoms with van der Waals surface area (Å²) in [6.45, 7) is 0. The molecule has 0 aliphatic heterocycles. The van der Waals surface area contributed by atoms with Crippen LogP contribution in [0.25, 0.3) is 0 Å². The van der Waals surface area contributed by atoms with Gasteiger partial charge < -0.3 is 5.73 Å². The largest absolute Gasteiger partial charge is 0.389 e. The van der Waals surface area contributed by atoms with Gasteiger partial charge in [-0.2, -0.15) is 13.2 Å². The first kappa shape index (κ1) is 12.9. The Balaban J connectivity index is 2.59. The van der Waals surface area contributed by atoms with E-state index in [-0.39, 0.29) is 11.4 Å². The molecule has 16 heavy (non-hydrogen) atoms. The summed E-state index contributed by atoms with van der Waals surface area (Å²) >= 11 is 0.808. The van der Waals surface area contributed by atoms with Crippen molar-refractivity contribution in [3.63, 3.8) is 0 Å². The fourth-order valence-corrected chi connectivity index (χ4v) is 1.96. The highest BCUT2D eigenvalue weighted by Crippen LogP contribution is 2.32. The molecule has 1 atom stereocenters. The van der Waals surface area contributed by atoms with Crippen LogP contribution in [0.1, 0.15) is 23.8 Å². The fourth-order valence-electron chi connectivity index (χ4n) is 1.10. The standard InChI is InChI=1S/C8H9F3N2O2S/c9-8(10,11)4-3-5(12)6-1-2-7(16-6)13(14)15/h1-2,5H,3-4,12H2/t5-/m1/s1. The summed E-state index contributed by atoms with van der Waals surface area (Å²) in [5.74, 6) is 0. The summed E-state index contributed by atoms with van der Waals surface area (Å²) in [6, 6.07) is 1.83. The van der Waals surface area contributed by atoms with Gasteiger partial charge in [-0.25, -0.2) is 0 Å². The first-order valence-corrected chi connectivity index (χ1v) is 5.17. The van der Waals surface area contributed by atoms with Crippen LogP contribution in [0.3, 0.4) is 0 Å². The van der Waals surface area contributed by atoms with Crippen molar-refractivity contribution in [3.8, 4) is 0 Å². The van der Waals surface area contributed by atoms with E-state index in [9.17, 15) is 23.3 Å². The lowest BCUT2D eigenvalue weighted by molar-refractivity contribution is -0.380. The van der Waals surface area contributed by atoms with Crippen molar-refractivity contribution in [2.75, 3.05) is 0 Å². The number of rotatable bonds is 4. The van der Waals surface area contributed by atoms with Gasteiger partial charge in [0.15, 0.2) is 0 Å². The minimum Gasteiger partial charge on any atom is -0.323 e. The van der Waals surface area contributed by atoms with Crippen molar-refractivity contribution in [2.45, 2.75) is 25.1 Å². The maximum Gasteiger partial charge on any atom is 0.389 e. The Hall–Kier alpha value is -1.15. The van der Waals surface area contributed by atoms with Gasteiger partial charge >= 0.3 is 11.2 Å². The third kappa shape index (κ3) is 3.78. The van der Waals surface area contributed by atoms with Crippen LogP contribution in [-0.4, -0.2) is 11.1 Å². The number of thiophene rings is 1. The van der Waals surface area contributed by atoms with Crippen LogP contribution in [0.2, 0.25) is 0 Å². The average molecular weight is 254 g/mol. The number of nitrogens with two attached hydrogens (primary N) is 1. The molecule has 0 aliphatic rings. The van der Waals surface area contributed by atoms with Gasteiger partial charge in [-0.3, -0.25) is 10.1 Å². The minimum absolute atomic E-state index is 0.113. The van der Waals surface area contributed by atoms with Crippen LogP contribution in [0, 0.1) is 10.1 Å². The van der Waals surface area contributed by atoms with Crippen LogP contribution in [-0.2, 0) is 0 Å². The van der Waals surface area contributed by atoms with Gasteiger partial charge in [-0.15, -0.1) is 0 Å². The van der Waals surface area contributed by atoms with Crippen LogP contribution < -0.4 is 5.73 Å². The molecule has 0 aliphatic carbocycles. The molecule has 4 nitrogen and oxygen atoms in total. The van der Waals surface area contributed by atoms with Crippen LogP contribution in [0.15, 0.2) is 12.1 Å². The van der Waals surface area contributed by atoms with E-state index in [4.69, 9.17) is 5.73 Å². The number of halogens is 3. The van der Waals surface area contributed by atoms with Crippen molar-refractivity contribution in [3.05, 3.63) is 27.1 Å². The lowest BCUT2D eigenvalue weighted by Gasteiger charge is -2.10. The van der Waals surface area contributed by atoms with E-state index in [0.717, 1.165) is 11.3 Å². The Morgan fingerprint density at radius 1 is 1.50 bits per heavy atom. The smallest absolute Gasteiger partial charge is 0.323 e. The maximum atomic E-state index is 11.9. The van der Waals surface area contributed by atoms with Gasteiger partial charge in [-0.05, 0) is 12.5 Å². The summed E-state index contributed by atoms with van der Waals surface area (Å²) < 4.78 is 35.7. The molecule has 0 aromatic carbocycles. The molecular weight excluding hydrogens is 245 g/mol. The Morgan fingerprint density at radius 2 is 2.12 bits per heavy atom. The molecule has 1 rings (SSSR count). The maximum absolute atomic E-state index is 11.9. The van der Waals surface area contributed by atoms with Gasteiger partial charge in [0, 0.05) is 23.4 Å². The highest BCUT2D eigenvalue weighted by molar-refractivity contribution is 7.15. The molecule has 0 amide bonds. The molecule has 1 heterocycles. The van der Waals surface area contributed by atoms with Gasteiger partial charge in [-0.1, -0.05) is 11.3 Å². The zero-order chi connectivity index (χ0) is 12.3. The zero-order valence-electron chi connectivity index (χ0n) is 8.03. The highest BCUT2D eigenvalue weighted by atomic mass is 32.1. The van der Waals surface area contributed by atoms with E-state index >= 15 is 0 Å². The highest BCUT2D eigenvalue weighted by Gasteiger charge is 2.28. The monoisotopic (exact) mass is 254 g/mol. The Kier molecular flexibility index (Phi) is 3.87. The van der Waals surface area contributed by atoms with Crippen molar-refractivity contribution in [2.24, 2.45) is 5.73 Å². The predicted octanol–water partition coefficient (Wildman–Crippen LogP) is 3.00. The van der Waals surface area contributed by atoms with E-state index in [1.807, 2.05) is 0 Å². The fraction of sp³-hybridized carbons (Fsp3) is 0.500. The van der Waals surface area contributed by atoms with E-state index < -0.39 is 23.6 Å². The topological polar surface area (TPSA) is 69.2 Å². The Labute approximate surface area is 93.0 Å². The second-order valence-electron chi connectivity index (χ2n) is 3.19. The summed E-state index contributed by atoms with van der Waals surface area (Å²) in [4.78, 5) is 10.2. The Bertz CT molecular complexity index is 378. The quantitative estimate of drug-likeness (QED) is 0.663. The summed E-state index contributed by atoms with van der Waals surface area (Å²) in [7, 11) is 0. The number of hydrogen-bond donors (Lipinski definition) is 1. The van der Waals surface area contributed by atoms with Gasteiger partial charge in [0.2, 0.25) is 0 Å². The Morgan fingerprint density at radius 3 is 2.56 bits per heavy atom. The molecule has 8 heteroatoms. The predicted molar refractivity (Wildman–Crippen MR) is 53.2 cm³/mol. The van der Waals surface area contributed by atoms with Crippen molar-refractivity contribution < 1.29 is 18.1 Å². The molecule has 0 radical (unpaired) electrons. The van der Waals surface area contributed by atoms with E-state index in [0.29, 0.717) is 4.88 Å². The number of alkyl halides is 3. The lowest BCUT2D eigenvalue weighted by atomic mass is 10.1. The van der Waals surface area contributed by atoms with Crippen molar-refractivity contribution in [1.82, 2.24) is 0 Å². The lowest BCUT2D eigenvalue weighted by Crippen LogP contribution is -2.14. The van der Waals surface area contributed by atoms with E-state index in [1.165, 1.54) is 12.1 Å². The number of nitro groups is 1. The number of nitrogens with zero attached hydrogens (tertiary/aromatic N) is 1. The summed E-state index contributed by atoms with van der Waals surface area (Å²) in [6.07, 6.45) is -5.50. The second kappa shape index (κ2) is 4.79. The minimum atomic E-state index is -4.25. The van der Waals surface area contributed by atoms with Gasteiger partial charge in [0.1, 0.15) is 0 Å². The number of hydrogen-bond acceptors (Lipinski definition) is 4. The molecule has 0 spiro atoms. The van der Waals surface area contributed by atoms with Gasteiger partial charge in [0.05, 0.1) is 4.92 Å². The molecule has 0 bridgehead atoms. The molecule has 0 saturated carbocycles. The van der Waals surface area contributed by atoms with Gasteiger partial charge in [0.25, 0.3) is 0 Å². The molecule has 0 unspecified atom stereocenters. The summed E-state index contributed by atoms with van der Waals surface area (Å²) in [5.41, 5.74) is 5.50.